The van der Waals surface area contributed by atoms with Crippen LogP contribution in [-0.2, 0) is 4.74 Å². The first-order valence-electron chi connectivity index (χ1n) is 11.4. The lowest BCUT2D eigenvalue weighted by Crippen LogP contribution is -2.06. The lowest BCUT2D eigenvalue weighted by Gasteiger charge is -2.14. The summed E-state index contributed by atoms with van der Waals surface area (Å²) in [5.74, 6) is -0.520. The van der Waals surface area contributed by atoms with Crippen molar-refractivity contribution >= 4 is 62.9 Å². The van der Waals surface area contributed by atoms with E-state index in [9.17, 15) is 9.59 Å². The first kappa shape index (κ1) is 23.2. The molecule has 1 aliphatic rings. The van der Waals surface area contributed by atoms with Crippen LogP contribution in [0.4, 0.5) is 0 Å². The number of hydrogen-bond donors (Lipinski definition) is 0. The molecule has 0 saturated carbocycles. The summed E-state index contributed by atoms with van der Waals surface area (Å²) in [4.78, 5) is 27.5. The van der Waals surface area contributed by atoms with Gasteiger partial charge in [-0.05, 0) is 75.1 Å². The van der Waals surface area contributed by atoms with Crippen LogP contribution in [0.1, 0.15) is 57.3 Å². The topological polar surface area (TPSA) is 47.8 Å². The standard InChI is InChI=1S/C27H24ClNO3S2/c1-3-32-26(31)21-20-15-16(2)13-14-29(20)23-22(21)25(24(30)17-9-11-18(28)12-10-17)34-27(23)33-19-7-5-4-6-8-19/h5,7,9-15,19H,3-4,6,8H2,1-2H3. The van der Waals surface area contributed by atoms with Crippen molar-refractivity contribution in [2.24, 2.45) is 0 Å². The van der Waals surface area contributed by atoms with Crippen molar-refractivity contribution in [3.63, 3.8) is 0 Å². The molecule has 0 saturated heterocycles. The van der Waals surface area contributed by atoms with Gasteiger partial charge in [0.25, 0.3) is 0 Å². The number of nitrogens with zero attached hydrogens (tertiary/aromatic N) is 1. The lowest BCUT2D eigenvalue weighted by atomic mass is 10.1. The minimum Gasteiger partial charge on any atom is -0.462 e. The maximum Gasteiger partial charge on any atom is 0.341 e. The zero-order valence-corrected chi connectivity index (χ0v) is 21.4. The molecule has 0 amide bonds. The Bertz CT molecular complexity index is 1430. The summed E-state index contributed by atoms with van der Waals surface area (Å²) in [6, 6.07) is 10.9. The third-order valence-corrected chi connectivity index (χ3v) is 8.84. The Kier molecular flexibility index (Phi) is 6.56. The van der Waals surface area contributed by atoms with Gasteiger partial charge in [0, 0.05) is 27.4 Å². The number of esters is 1. The van der Waals surface area contributed by atoms with Gasteiger partial charge in [-0.25, -0.2) is 4.79 Å². The third kappa shape index (κ3) is 4.19. The van der Waals surface area contributed by atoms with Crippen LogP contribution in [0.3, 0.4) is 0 Å². The zero-order valence-electron chi connectivity index (χ0n) is 19.0. The normalized spacial score (nSPS) is 15.8. The number of thioether (sulfide) groups is 1. The van der Waals surface area contributed by atoms with Crippen molar-refractivity contribution in [2.75, 3.05) is 6.61 Å². The van der Waals surface area contributed by atoms with E-state index in [-0.39, 0.29) is 12.4 Å². The SMILES string of the molecule is CCOC(=O)c1c2c(C(=O)c3ccc(Cl)cc3)sc(SC3C=CCCC3)c2n2ccc(C)cc12. The average Bonchev–Trinajstić information content (AvgIpc) is 3.35. The van der Waals surface area contributed by atoms with Gasteiger partial charge in [0.15, 0.2) is 0 Å². The Hall–Kier alpha value is -2.54. The Morgan fingerprint density at radius 1 is 1.24 bits per heavy atom. The molecule has 0 N–H and O–H groups in total. The summed E-state index contributed by atoms with van der Waals surface area (Å²) in [6.45, 7) is 4.06. The first-order valence-corrected chi connectivity index (χ1v) is 13.4. The van der Waals surface area contributed by atoms with Crippen LogP contribution in [0.15, 0.2) is 59.0 Å². The summed E-state index contributed by atoms with van der Waals surface area (Å²) in [6.07, 6.45) is 9.83. The van der Waals surface area contributed by atoms with Gasteiger partial charge in [0.2, 0.25) is 5.78 Å². The fourth-order valence-corrected chi connectivity index (χ4v) is 7.37. The highest BCUT2D eigenvalue weighted by Crippen LogP contribution is 2.46. The molecule has 7 heteroatoms. The quantitative estimate of drug-likeness (QED) is 0.151. The number of allylic oxidation sites excluding steroid dienone is 1. The molecule has 3 heterocycles. The molecular formula is C27H24ClNO3S2. The molecule has 0 fully saturated rings. The van der Waals surface area contributed by atoms with Gasteiger partial charge in [-0.1, -0.05) is 23.8 Å². The maximum atomic E-state index is 13.7. The number of aromatic nitrogens is 1. The van der Waals surface area contributed by atoms with Crippen LogP contribution in [-0.4, -0.2) is 28.0 Å². The molecule has 5 rings (SSSR count). The summed E-state index contributed by atoms with van der Waals surface area (Å²) in [5.41, 5.74) is 3.71. The number of carbonyl (C=O) groups excluding carboxylic acids is 2. The van der Waals surface area contributed by atoms with Gasteiger partial charge in [0.1, 0.15) is 0 Å². The Morgan fingerprint density at radius 2 is 2.03 bits per heavy atom. The molecule has 0 bridgehead atoms. The Labute approximate surface area is 211 Å². The third-order valence-electron chi connectivity index (χ3n) is 5.97. The second-order valence-corrected chi connectivity index (χ2v) is 11.3. The molecular weight excluding hydrogens is 486 g/mol. The van der Waals surface area contributed by atoms with E-state index >= 15 is 0 Å². The number of rotatable bonds is 6. The fraction of sp³-hybridized carbons (Fsp3) is 0.259. The number of carbonyl (C=O) groups is 2. The fourth-order valence-electron chi connectivity index (χ4n) is 4.37. The van der Waals surface area contributed by atoms with E-state index in [4.69, 9.17) is 16.3 Å². The zero-order chi connectivity index (χ0) is 23.8. The summed E-state index contributed by atoms with van der Waals surface area (Å²) < 4.78 is 8.54. The highest BCUT2D eigenvalue weighted by molar-refractivity contribution is 8.02. The van der Waals surface area contributed by atoms with Gasteiger partial charge < -0.3 is 9.14 Å². The van der Waals surface area contributed by atoms with E-state index < -0.39 is 5.97 Å². The molecule has 1 aromatic carbocycles. The lowest BCUT2D eigenvalue weighted by molar-refractivity contribution is 0.0531. The van der Waals surface area contributed by atoms with E-state index in [2.05, 4.69) is 12.2 Å². The van der Waals surface area contributed by atoms with Crippen LogP contribution in [0.2, 0.25) is 5.02 Å². The predicted octanol–water partition coefficient (Wildman–Crippen LogP) is 7.72. The van der Waals surface area contributed by atoms with Crippen LogP contribution < -0.4 is 0 Å². The molecule has 1 unspecified atom stereocenters. The molecule has 1 aliphatic carbocycles. The number of benzene rings is 1. The molecule has 1 atom stereocenters. The predicted molar refractivity (Wildman–Crippen MR) is 141 cm³/mol. The highest BCUT2D eigenvalue weighted by Gasteiger charge is 2.30. The van der Waals surface area contributed by atoms with Crippen LogP contribution >= 0.6 is 34.7 Å². The van der Waals surface area contributed by atoms with Crippen molar-refractivity contribution in [1.29, 1.82) is 0 Å². The second kappa shape index (κ2) is 9.61. The number of halogens is 1. The van der Waals surface area contributed by atoms with Crippen molar-refractivity contribution < 1.29 is 14.3 Å². The molecule has 4 aromatic rings. The van der Waals surface area contributed by atoms with Gasteiger partial charge >= 0.3 is 5.97 Å². The summed E-state index contributed by atoms with van der Waals surface area (Å²) in [5, 5.41) is 1.60. The second-order valence-electron chi connectivity index (χ2n) is 8.35. The van der Waals surface area contributed by atoms with Crippen LogP contribution in [0.25, 0.3) is 16.4 Å². The monoisotopic (exact) mass is 509 g/mol. The minimum absolute atomic E-state index is 0.115. The van der Waals surface area contributed by atoms with E-state index in [0.29, 0.717) is 31.7 Å². The largest absolute Gasteiger partial charge is 0.462 e. The number of fused-ring (bicyclic) bond motifs is 3. The number of ether oxygens (including phenoxy) is 1. The van der Waals surface area contributed by atoms with Gasteiger partial charge in [-0.15, -0.1) is 23.1 Å². The Balaban J connectivity index is 1.79. The molecule has 0 spiro atoms. The van der Waals surface area contributed by atoms with Crippen molar-refractivity contribution in [3.8, 4) is 0 Å². The summed E-state index contributed by atoms with van der Waals surface area (Å²) >= 11 is 9.30. The van der Waals surface area contributed by atoms with Crippen molar-refractivity contribution in [2.45, 2.75) is 42.6 Å². The number of aryl methyl sites for hydroxylation is 1. The average molecular weight is 510 g/mol. The van der Waals surface area contributed by atoms with E-state index in [1.165, 1.54) is 11.3 Å². The molecule has 0 radical (unpaired) electrons. The molecule has 34 heavy (non-hydrogen) atoms. The molecule has 0 aliphatic heterocycles. The van der Waals surface area contributed by atoms with Gasteiger partial charge in [0.05, 0.1) is 32.3 Å². The molecule has 3 aromatic heterocycles. The molecule has 174 valence electrons. The Morgan fingerprint density at radius 3 is 2.74 bits per heavy atom. The van der Waals surface area contributed by atoms with Crippen LogP contribution in [0.5, 0.6) is 0 Å². The number of ketones is 1. The number of hydrogen-bond acceptors (Lipinski definition) is 5. The number of pyridine rings is 1. The van der Waals surface area contributed by atoms with E-state index in [1.807, 2.05) is 29.7 Å². The molecule has 4 nitrogen and oxygen atoms in total. The highest BCUT2D eigenvalue weighted by atomic mass is 35.5. The van der Waals surface area contributed by atoms with E-state index in [1.54, 1.807) is 43.0 Å². The van der Waals surface area contributed by atoms with Crippen LogP contribution in [0, 0.1) is 6.92 Å². The smallest absolute Gasteiger partial charge is 0.341 e. The van der Waals surface area contributed by atoms with Gasteiger partial charge in [-0.2, -0.15) is 0 Å². The van der Waals surface area contributed by atoms with E-state index in [0.717, 1.165) is 40.1 Å². The van der Waals surface area contributed by atoms with Crippen molar-refractivity contribution in [3.05, 3.63) is 81.3 Å². The summed E-state index contributed by atoms with van der Waals surface area (Å²) in [7, 11) is 0. The minimum atomic E-state index is -0.405. The van der Waals surface area contributed by atoms with Gasteiger partial charge in [-0.3, -0.25) is 4.79 Å². The maximum absolute atomic E-state index is 13.7. The van der Waals surface area contributed by atoms with Crippen molar-refractivity contribution in [1.82, 2.24) is 4.40 Å². The first-order chi connectivity index (χ1) is 16.5. The number of thiophene rings is 1.